The van der Waals surface area contributed by atoms with E-state index in [4.69, 9.17) is 10.8 Å². The number of benzene rings is 1. The fourth-order valence-corrected chi connectivity index (χ4v) is 1.75. The van der Waals surface area contributed by atoms with Gasteiger partial charge in [-0.15, -0.1) is 0 Å². The molecule has 0 saturated carbocycles. The van der Waals surface area contributed by atoms with E-state index in [0.29, 0.717) is 6.42 Å². The third-order valence-electron chi connectivity index (χ3n) is 3.00. The summed E-state index contributed by atoms with van der Waals surface area (Å²) in [7, 11) is 0. The van der Waals surface area contributed by atoms with Gasteiger partial charge in [-0.3, -0.25) is 4.79 Å². The van der Waals surface area contributed by atoms with Crippen LogP contribution in [0.2, 0.25) is 0 Å². The lowest BCUT2D eigenvalue weighted by Gasteiger charge is -2.13. The summed E-state index contributed by atoms with van der Waals surface area (Å²) in [5, 5.41) is 8.81. The molecule has 88 valence electrons. The van der Waals surface area contributed by atoms with Gasteiger partial charge in [-0.05, 0) is 48.9 Å². The van der Waals surface area contributed by atoms with Crippen LogP contribution in [0.25, 0.3) is 0 Å². The predicted octanol–water partition coefficient (Wildman–Crippen LogP) is 1.82. The second-order valence-corrected chi connectivity index (χ2v) is 4.20. The molecule has 0 aliphatic carbocycles. The standard InChI is InChI=1S/C13H19NO2/c1-4-10-5-8(2)9(3)11(6-10)7-12(14)13(15)16/h5-6,12H,4,7,14H2,1-3H3,(H,15,16). The second-order valence-electron chi connectivity index (χ2n) is 4.20. The number of aliphatic carboxylic acids is 1. The molecule has 3 nitrogen and oxygen atoms in total. The first-order valence-electron chi connectivity index (χ1n) is 5.53. The van der Waals surface area contributed by atoms with E-state index in [-0.39, 0.29) is 0 Å². The molecule has 0 fully saturated rings. The first kappa shape index (κ1) is 12.7. The van der Waals surface area contributed by atoms with Crippen LogP contribution in [0.3, 0.4) is 0 Å². The molecule has 0 spiro atoms. The highest BCUT2D eigenvalue weighted by Gasteiger charge is 2.14. The van der Waals surface area contributed by atoms with Crippen LogP contribution < -0.4 is 5.73 Å². The Balaban J connectivity index is 3.03. The molecule has 0 aromatic heterocycles. The van der Waals surface area contributed by atoms with Gasteiger partial charge >= 0.3 is 5.97 Å². The van der Waals surface area contributed by atoms with Gasteiger partial charge in [0.25, 0.3) is 0 Å². The van der Waals surface area contributed by atoms with E-state index in [1.54, 1.807) is 0 Å². The fraction of sp³-hybridized carbons (Fsp3) is 0.462. The van der Waals surface area contributed by atoms with Crippen molar-refractivity contribution >= 4 is 5.97 Å². The van der Waals surface area contributed by atoms with Crippen LogP contribution in [0.4, 0.5) is 0 Å². The van der Waals surface area contributed by atoms with Crippen molar-refractivity contribution < 1.29 is 9.90 Å². The molecule has 1 aromatic rings. The average Bonchev–Trinajstić information content (AvgIpc) is 2.24. The van der Waals surface area contributed by atoms with E-state index in [0.717, 1.165) is 17.5 Å². The lowest BCUT2D eigenvalue weighted by Crippen LogP contribution is -2.32. The molecule has 16 heavy (non-hydrogen) atoms. The van der Waals surface area contributed by atoms with E-state index in [9.17, 15) is 4.79 Å². The number of hydrogen-bond acceptors (Lipinski definition) is 2. The number of rotatable bonds is 4. The molecule has 0 radical (unpaired) electrons. The van der Waals surface area contributed by atoms with Gasteiger partial charge in [0, 0.05) is 0 Å². The molecule has 1 atom stereocenters. The van der Waals surface area contributed by atoms with Gasteiger partial charge in [-0.2, -0.15) is 0 Å². The Kier molecular flexibility index (Phi) is 4.07. The molecule has 1 rings (SSSR count). The third kappa shape index (κ3) is 2.83. The normalized spacial score (nSPS) is 12.5. The summed E-state index contributed by atoms with van der Waals surface area (Å²) >= 11 is 0. The Labute approximate surface area is 96.3 Å². The second kappa shape index (κ2) is 5.12. The van der Waals surface area contributed by atoms with E-state index in [1.807, 2.05) is 13.8 Å². The number of aryl methyl sites for hydroxylation is 2. The molecular formula is C13H19NO2. The SMILES string of the molecule is CCc1cc(C)c(C)c(CC(N)C(=O)O)c1. The Morgan fingerprint density at radius 3 is 2.56 bits per heavy atom. The highest BCUT2D eigenvalue weighted by molar-refractivity contribution is 5.73. The van der Waals surface area contributed by atoms with Crippen LogP contribution in [0.5, 0.6) is 0 Å². The van der Waals surface area contributed by atoms with Gasteiger partial charge in [0.15, 0.2) is 0 Å². The Bertz CT molecular complexity index is 399. The first-order chi connectivity index (χ1) is 7.45. The zero-order valence-corrected chi connectivity index (χ0v) is 10.1. The van der Waals surface area contributed by atoms with Crippen LogP contribution in [-0.4, -0.2) is 17.1 Å². The van der Waals surface area contributed by atoms with Crippen molar-refractivity contribution in [2.24, 2.45) is 5.73 Å². The molecule has 0 saturated heterocycles. The van der Waals surface area contributed by atoms with Crippen LogP contribution in [0.15, 0.2) is 12.1 Å². The van der Waals surface area contributed by atoms with Crippen molar-refractivity contribution in [3.05, 3.63) is 34.4 Å². The highest BCUT2D eigenvalue weighted by atomic mass is 16.4. The minimum Gasteiger partial charge on any atom is -0.480 e. The summed E-state index contributed by atoms with van der Waals surface area (Å²) in [5.74, 6) is -0.945. The molecule has 0 amide bonds. The van der Waals surface area contributed by atoms with Crippen LogP contribution in [0, 0.1) is 13.8 Å². The van der Waals surface area contributed by atoms with Gasteiger partial charge in [-0.25, -0.2) is 0 Å². The minimum atomic E-state index is -0.945. The Hall–Kier alpha value is -1.35. The largest absolute Gasteiger partial charge is 0.480 e. The fourth-order valence-electron chi connectivity index (χ4n) is 1.75. The Morgan fingerprint density at radius 1 is 1.44 bits per heavy atom. The monoisotopic (exact) mass is 221 g/mol. The average molecular weight is 221 g/mol. The smallest absolute Gasteiger partial charge is 0.320 e. The van der Waals surface area contributed by atoms with Gasteiger partial charge in [0.05, 0.1) is 0 Å². The van der Waals surface area contributed by atoms with Crippen molar-refractivity contribution in [3.63, 3.8) is 0 Å². The van der Waals surface area contributed by atoms with Gasteiger partial charge in [0.2, 0.25) is 0 Å². The summed E-state index contributed by atoms with van der Waals surface area (Å²) in [5.41, 5.74) is 10.2. The minimum absolute atomic E-state index is 0.399. The topological polar surface area (TPSA) is 63.3 Å². The summed E-state index contributed by atoms with van der Waals surface area (Å²) < 4.78 is 0. The first-order valence-corrected chi connectivity index (χ1v) is 5.53. The van der Waals surface area contributed by atoms with E-state index >= 15 is 0 Å². The highest BCUT2D eigenvalue weighted by Crippen LogP contribution is 2.18. The molecule has 0 heterocycles. The number of nitrogens with two attached hydrogens (primary N) is 1. The molecule has 3 N–H and O–H groups in total. The van der Waals surface area contributed by atoms with E-state index in [2.05, 4.69) is 19.1 Å². The zero-order chi connectivity index (χ0) is 12.3. The molecule has 1 unspecified atom stereocenters. The molecule has 0 bridgehead atoms. The quantitative estimate of drug-likeness (QED) is 0.815. The molecule has 3 heteroatoms. The Morgan fingerprint density at radius 2 is 2.06 bits per heavy atom. The maximum absolute atomic E-state index is 10.7. The summed E-state index contributed by atoms with van der Waals surface area (Å²) in [6.07, 6.45) is 1.35. The van der Waals surface area contributed by atoms with Crippen molar-refractivity contribution in [2.75, 3.05) is 0 Å². The maximum atomic E-state index is 10.7. The molecule has 0 aliphatic heterocycles. The maximum Gasteiger partial charge on any atom is 0.320 e. The lowest BCUT2D eigenvalue weighted by atomic mass is 9.94. The summed E-state index contributed by atoms with van der Waals surface area (Å²) in [4.78, 5) is 10.7. The molecule has 1 aromatic carbocycles. The van der Waals surface area contributed by atoms with Crippen LogP contribution in [-0.2, 0) is 17.6 Å². The number of carbonyl (C=O) groups is 1. The van der Waals surface area contributed by atoms with Gasteiger partial charge in [0.1, 0.15) is 6.04 Å². The van der Waals surface area contributed by atoms with E-state index in [1.165, 1.54) is 11.1 Å². The van der Waals surface area contributed by atoms with Crippen LogP contribution in [0.1, 0.15) is 29.2 Å². The van der Waals surface area contributed by atoms with Crippen molar-refractivity contribution in [1.82, 2.24) is 0 Å². The van der Waals surface area contributed by atoms with E-state index < -0.39 is 12.0 Å². The van der Waals surface area contributed by atoms with Gasteiger partial charge < -0.3 is 10.8 Å². The van der Waals surface area contributed by atoms with Crippen molar-refractivity contribution in [3.8, 4) is 0 Å². The number of carboxylic acids is 1. The molecule has 0 aliphatic rings. The zero-order valence-electron chi connectivity index (χ0n) is 10.1. The van der Waals surface area contributed by atoms with Crippen LogP contribution >= 0.6 is 0 Å². The summed E-state index contributed by atoms with van der Waals surface area (Å²) in [6.45, 7) is 6.15. The summed E-state index contributed by atoms with van der Waals surface area (Å²) in [6, 6.07) is 3.39. The third-order valence-corrected chi connectivity index (χ3v) is 3.00. The number of carboxylic acid groups (broad SMARTS) is 1. The van der Waals surface area contributed by atoms with Crippen molar-refractivity contribution in [1.29, 1.82) is 0 Å². The predicted molar refractivity (Wildman–Crippen MR) is 64.6 cm³/mol. The molecular weight excluding hydrogens is 202 g/mol. The van der Waals surface area contributed by atoms with Crippen molar-refractivity contribution in [2.45, 2.75) is 39.7 Å². The van der Waals surface area contributed by atoms with Gasteiger partial charge in [-0.1, -0.05) is 19.1 Å². The number of hydrogen-bond donors (Lipinski definition) is 2. The lowest BCUT2D eigenvalue weighted by molar-refractivity contribution is -0.138.